The van der Waals surface area contributed by atoms with Crippen LogP contribution < -0.4 is 5.32 Å². The van der Waals surface area contributed by atoms with Crippen LogP contribution in [0.15, 0.2) is 42.0 Å². The Labute approximate surface area is 105 Å². The zero-order valence-electron chi connectivity index (χ0n) is 11.1. The molecule has 0 radical (unpaired) electrons. The molecule has 1 aromatic rings. The predicted molar refractivity (Wildman–Crippen MR) is 75.1 cm³/mol. The maximum atomic E-state index is 3.56. The van der Waals surface area contributed by atoms with Gasteiger partial charge in [0.2, 0.25) is 0 Å². The monoisotopic (exact) mass is 229 g/mol. The Morgan fingerprint density at radius 1 is 1.18 bits per heavy atom. The first kappa shape index (κ1) is 12.2. The minimum atomic E-state index is 0.690. The quantitative estimate of drug-likeness (QED) is 0.760. The van der Waals surface area contributed by atoms with Crippen molar-refractivity contribution in [1.82, 2.24) is 0 Å². The molecule has 1 aromatic carbocycles. The van der Waals surface area contributed by atoms with Crippen LogP contribution in [0, 0.1) is 17.8 Å². The molecule has 0 unspecified atom stereocenters. The lowest BCUT2D eigenvalue weighted by Gasteiger charge is -2.33. The van der Waals surface area contributed by atoms with E-state index in [-0.39, 0.29) is 0 Å². The normalized spacial score (nSPS) is 28.6. The van der Waals surface area contributed by atoms with Crippen molar-refractivity contribution in [2.24, 2.45) is 17.8 Å². The van der Waals surface area contributed by atoms with E-state index in [2.05, 4.69) is 62.5 Å². The molecule has 1 aliphatic carbocycles. The Kier molecular flexibility index (Phi) is 3.88. The number of nitrogens with one attached hydrogen (secondary N) is 1. The van der Waals surface area contributed by atoms with E-state index in [0.29, 0.717) is 5.92 Å². The van der Waals surface area contributed by atoms with Gasteiger partial charge in [0.1, 0.15) is 0 Å². The second-order valence-electron chi connectivity index (χ2n) is 5.46. The Morgan fingerprint density at radius 3 is 2.53 bits per heavy atom. The van der Waals surface area contributed by atoms with Gasteiger partial charge in [0.25, 0.3) is 0 Å². The third kappa shape index (κ3) is 3.12. The largest absolute Gasteiger partial charge is 0.385 e. The number of para-hydroxylation sites is 1. The smallest absolute Gasteiger partial charge is 0.0340 e. The van der Waals surface area contributed by atoms with E-state index in [4.69, 9.17) is 0 Å². The van der Waals surface area contributed by atoms with Crippen molar-refractivity contribution in [3.05, 3.63) is 42.0 Å². The molecule has 3 atom stereocenters. The van der Waals surface area contributed by atoms with Crippen molar-refractivity contribution in [3.8, 4) is 0 Å². The summed E-state index contributed by atoms with van der Waals surface area (Å²) in [7, 11) is 0. The molecule has 0 aromatic heterocycles. The fourth-order valence-electron chi connectivity index (χ4n) is 3.00. The van der Waals surface area contributed by atoms with Gasteiger partial charge in [-0.1, -0.05) is 43.7 Å². The highest BCUT2D eigenvalue weighted by Gasteiger charge is 2.26. The lowest BCUT2D eigenvalue weighted by atomic mass is 9.75. The van der Waals surface area contributed by atoms with Gasteiger partial charge < -0.3 is 5.32 Å². The third-order valence-corrected chi connectivity index (χ3v) is 3.91. The van der Waals surface area contributed by atoms with Gasteiger partial charge >= 0.3 is 0 Å². The first-order valence-electron chi connectivity index (χ1n) is 6.63. The van der Waals surface area contributed by atoms with Crippen molar-refractivity contribution in [1.29, 1.82) is 0 Å². The van der Waals surface area contributed by atoms with Crippen molar-refractivity contribution >= 4 is 5.69 Å². The second kappa shape index (κ2) is 5.39. The number of hydrogen-bond acceptors (Lipinski definition) is 1. The number of allylic oxidation sites excluding steroid dienone is 2. The van der Waals surface area contributed by atoms with Crippen molar-refractivity contribution in [2.45, 2.75) is 27.2 Å². The van der Waals surface area contributed by atoms with Crippen LogP contribution in [0.5, 0.6) is 0 Å². The summed E-state index contributed by atoms with van der Waals surface area (Å²) in [5.74, 6) is 2.22. The molecule has 2 rings (SSSR count). The highest BCUT2D eigenvalue weighted by Crippen LogP contribution is 2.33. The van der Waals surface area contributed by atoms with Crippen LogP contribution in [0.1, 0.15) is 27.2 Å². The van der Waals surface area contributed by atoms with Gasteiger partial charge in [0.05, 0.1) is 0 Å². The summed E-state index contributed by atoms with van der Waals surface area (Å²) in [6.45, 7) is 8.06. The van der Waals surface area contributed by atoms with Gasteiger partial charge in [-0.3, -0.25) is 0 Å². The van der Waals surface area contributed by atoms with Gasteiger partial charge in [-0.25, -0.2) is 0 Å². The van der Waals surface area contributed by atoms with Crippen molar-refractivity contribution in [3.63, 3.8) is 0 Å². The standard InChI is InChI=1S/C16H23N/c1-12-9-13(2)16(14(3)10-12)11-17-15-7-5-4-6-8-15/h4-9,13-14,16-17H,10-11H2,1-3H3/t13-,14-,16-/m0/s1. The van der Waals surface area contributed by atoms with Crippen LogP contribution >= 0.6 is 0 Å². The average Bonchev–Trinajstić information content (AvgIpc) is 2.29. The van der Waals surface area contributed by atoms with Gasteiger partial charge in [0.15, 0.2) is 0 Å². The maximum absolute atomic E-state index is 3.56. The first-order valence-corrected chi connectivity index (χ1v) is 6.63. The molecular weight excluding hydrogens is 206 g/mol. The Bertz CT molecular complexity index is 380. The van der Waals surface area contributed by atoms with Gasteiger partial charge in [-0.15, -0.1) is 0 Å². The summed E-state index contributed by atoms with van der Waals surface area (Å²) in [4.78, 5) is 0. The topological polar surface area (TPSA) is 12.0 Å². The summed E-state index contributed by atoms with van der Waals surface area (Å²) >= 11 is 0. The predicted octanol–water partition coefficient (Wildman–Crippen LogP) is 4.34. The molecule has 1 nitrogen and oxygen atoms in total. The Morgan fingerprint density at radius 2 is 1.88 bits per heavy atom. The van der Waals surface area contributed by atoms with Crippen molar-refractivity contribution < 1.29 is 0 Å². The molecule has 0 heterocycles. The van der Waals surface area contributed by atoms with E-state index < -0.39 is 0 Å². The second-order valence-corrected chi connectivity index (χ2v) is 5.46. The lowest BCUT2D eigenvalue weighted by molar-refractivity contribution is 0.287. The summed E-state index contributed by atoms with van der Waals surface area (Å²) in [6.07, 6.45) is 3.70. The van der Waals surface area contributed by atoms with E-state index in [1.54, 1.807) is 5.57 Å². The molecule has 0 saturated carbocycles. The van der Waals surface area contributed by atoms with E-state index >= 15 is 0 Å². The van der Waals surface area contributed by atoms with Crippen LogP contribution in [0.3, 0.4) is 0 Å². The molecule has 92 valence electrons. The fraction of sp³-hybridized carbons (Fsp3) is 0.500. The number of anilines is 1. The van der Waals surface area contributed by atoms with Gasteiger partial charge in [0, 0.05) is 12.2 Å². The highest BCUT2D eigenvalue weighted by atomic mass is 14.9. The Balaban J connectivity index is 1.95. The maximum Gasteiger partial charge on any atom is 0.0340 e. The van der Waals surface area contributed by atoms with E-state index in [0.717, 1.165) is 18.4 Å². The molecule has 0 aliphatic heterocycles. The van der Waals surface area contributed by atoms with E-state index in [9.17, 15) is 0 Å². The third-order valence-electron chi connectivity index (χ3n) is 3.91. The number of rotatable bonds is 3. The van der Waals surface area contributed by atoms with E-state index in [1.807, 2.05) is 0 Å². The SMILES string of the molecule is CC1=C[C@H](C)[C@H](CNc2ccccc2)[C@@H](C)C1. The summed E-state index contributed by atoms with van der Waals surface area (Å²) < 4.78 is 0. The summed E-state index contributed by atoms with van der Waals surface area (Å²) in [6, 6.07) is 10.5. The average molecular weight is 229 g/mol. The van der Waals surface area contributed by atoms with Gasteiger partial charge in [-0.05, 0) is 43.2 Å². The van der Waals surface area contributed by atoms with Crippen LogP contribution in [0.2, 0.25) is 0 Å². The molecule has 0 spiro atoms. The first-order chi connectivity index (χ1) is 8.16. The molecule has 0 bridgehead atoms. The molecular formula is C16H23N. The summed E-state index contributed by atoms with van der Waals surface area (Å²) in [5.41, 5.74) is 2.79. The molecule has 0 saturated heterocycles. The fourth-order valence-corrected chi connectivity index (χ4v) is 3.00. The molecule has 1 heteroatoms. The molecule has 17 heavy (non-hydrogen) atoms. The van der Waals surface area contributed by atoms with Crippen molar-refractivity contribution in [2.75, 3.05) is 11.9 Å². The van der Waals surface area contributed by atoms with Crippen LogP contribution in [-0.2, 0) is 0 Å². The van der Waals surface area contributed by atoms with E-state index in [1.165, 1.54) is 12.1 Å². The highest BCUT2D eigenvalue weighted by molar-refractivity contribution is 5.42. The Hall–Kier alpha value is -1.24. The van der Waals surface area contributed by atoms with Gasteiger partial charge in [-0.2, -0.15) is 0 Å². The zero-order valence-corrected chi connectivity index (χ0v) is 11.1. The minimum absolute atomic E-state index is 0.690. The zero-order chi connectivity index (χ0) is 12.3. The molecule has 0 fully saturated rings. The lowest BCUT2D eigenvalue weighted by Crippen LogP contribution is -2.29. The molecule has 1 N–H and O–H groups in total. The number of hydrogen-bond donors (Lipinski definition) is 1. The molecule has 1 aliphatic rings. The minimum Gasteiger partial charge on any atom is -0.385 e. The van der Waals surface area contributed by atoms with Crippen LogP contribution in [-0.4, -0.2) is 6.54 Å². The number of benzene rings is 1. The van der Waals surface area contributed by atoms with Crippen LogP contribution in [0.25, 0.3) is 0 Å². The van der Waals surface area contributed by atoms with Crippen LogP contribution in [0.4, 0.5) is 5.69 Å². The molecule has 0 amide bonds. The summed E-state index contributed by atoms with van der Waals surface area (Å²) in [5, 5.41) is 3.56.